The van der Waals surface area contributed by atoms with Crippen molar-refractivity contribution < 1.29 is 24.2 Å². The molecule has 0 aliphatic rings. The van der Waals surface area contributed by atoms with Crippen LogP contribution >= 0.6 is 11.6 Å². The van der Waals surface area contributed by atoms with Crippen molar-refractivity contribution in [2.45, 2.75) is 45.8 Å². The zero-order chi connectivity index (χ0) is 21.1. The highest BCUT2D eigenvalue weighted by molar-refractivity contribution is 6.30. The summed E-state index contributed by atoms with van der Waals surface area (Å²) in [5, 5.41) is 16.8. The van der Waals surface area contributed by atoms with E-state index in [1.54, 1.807) is 59.0 Å². The van der Waals surface area contributed by atoms with Crippen molar-refractivity contribution in [2.75, 3.05) is 0 Å². The molecular weight excluding hydrogens is 386 g/mol. The minimum atomic E-state index is -1.20. The van der Waals surface area contributed by atoms with E-state index in [0.717, 1.165) is 0 Å². The number of carbonyl (C=O) groups excluding carboxylic acids is 1. The summed E-state index contributed by atoms with van der Waals surface area (Å²) < 4.78 is 12.6. The number of carbonyl (C=O) groups is 2. The summed E-state index contributed by atoms with van der Waals surface area (Å²) in [5.74, 6) is -0.274. The third-order valence-corrected chi connectivity index (χ3v) is 3.97. The van der Waals surface area contributed by atoms with Crippen LogP contribution in [-0.2, 0) is 23.0 Å². The Morgan fingerprint density at radius 1 is 1.29 bits per heavy atom. The third-order valence-electron chi connectivity index (χ3n) is 3.71. The molecule has 2 N–H and O–H groups in total. The standard InChI is InChI=1S/C19H24ClN3O5/c1-11-14(10-15(17(24)25)21-18(26)28-19(2,3)4)16(23(5)22-11)27-13-8-6-12(20)7-9-13/h6-9,15H,10H2,1-5H3,(H,21,26)(H,24,25). The number of benzene rings is 1. The fourth-order valence-corrected chi connectivity index (χ4v) is 2.64. The molecule has 0 saturated heterocycles. The van der Waals surface area contributed by atoms with E-state index in [0.29, 0.717) is 27.9 Å². The van der Waals surface area contributed by atoms with Crippen molar-refractivity contribution in [1.29, 1.82) is 0 Å². The van der Waals surface area contributed by atoms with E-state index in [9.17, 15) is 14.7 Å². The predicted octanol–water partition coefficient (Wildman–Crippen LogP) is 3.69. The summed E-state index contributed by atoms with van der Waals surface area (Å²) in [6.07, 6.45) is -0.821. The molecular formula is C19H24ClN3O5. The highest BCUT2D eigenvalue weighted by Crippen LogP contribution is 2.29. The molecule has 0 aliphatic heterocycles. The summed E-state index contributed by atoms with van der Waals surface area (Å²) in [6, 6.07) is 5.56. The number of halogens is 1. The first-order chi connectivity index (χ1) is 13.0. The summed E-state index contributed by atoms with van der Waals surface area (Å²) >= 11 is 5.89. The SMILES string of the molecule is Cc1nn(C)c(Oc2ccc(Cl)cc2)c1CC(NC(=O)OC(C)(C)C)C(=O)O. The van der Waals surface area contributed by atoms with Crippen LogP contribution in [0.5, 0.6) is 11.6 Å². The second-order valence-corrected chi connectivity index (χ2v) is 7.73. The molecule has 0 bridgehead atoms. The molecule has 0 aliphatic carbocycles. The number of aromatic nitrogens is 2. The van der Waals surface area contributed by atoms with Crippen molar-refractivity contribution in [3.63, 3.8) is 0 Å². The van der Waals surface area contributed by atoms with Crippen LogP contribution in [0, 0.1) is 6.92 Å². The Kier molecular flexibility index (Phi) is 6.56. The first-order valence-electron chi connectivity index (χ1n) is 8.64. The molecule has 2 rings (SSSR count). The summed E-state index contributed by atoms with van der Waals surface area (Å²) in [7, 11) is 1.69. The van der Waals surface area contributed by atoms with Crippen LogP contribution in [-0.4, -0.2) is 38.6 Å². The molecule has 1 amide bonds. The molecule has 0 radical (unpaired) electrons. The van der Waals surface area contributed by atoms with Crippen molar-refractivity contribution in [3.05, 3.63) is 40.5 Å². The number of alkyl carbamates (subject to hydrolysis) is 1. The van der Waals surface area contributed by atoms with Gasteiger partial charge in [0.05, 0.1) is 5.69 Å². The van der Waals surface area contributed by atoms with Gasteiger partial charge in [-0.3, -0.25) is 0 Å². The topological polar surface area (TPSA) is 103 Å². The molecule has 1 heterocycles. The molecule has 28 heavy (non-hydrogen) atoms. The van der Waals surface area contributed by atoms with Gasteiger partial charge in [-0.1, -0.05) is 11.6 Å². The lowest BCUT2D eigenvalue weighted by molar-refractivity contribution is -0.139. The van der Waals surface area contributed by atoms with Gasteiger partial charge < -0.3 is 19.9 Å². The molecule has 152 valence electrons. The number of carboxylic acids is 1. The van der Waals surface area contributed by atoms with Crippen LogP contribution in [0.4, 0.5) is 4.79 Å². The molecule has 2 aromatic rings. The highest BCUT2D eigenvalue weighted by atomic mass is 35.5. The van der Waals surface area contributed by atoms with Gasteiger partial charge in [-0.25, -0.2) is 14.3 Å². The Morgan fingerprint density at radius 2 is 1.89 bits per heavy atom. The maximum Gasteiger partial charge on any atom is 0.408 e. The lowest BCUT2D eigenvalue weighted by Crippen LogP contribution is -2.44. The number of aliphatic carboxylic acids is 1. The van der Waals surface area contributed by atoms with Gasteiger partial charge in [0.1, 0.15) is 17.4 Å². The number of hydrogen-bond donors (Lipinski definition) is 2. The number of aryl methyl sites for hydroxylation is 2. The summed E-state index contributed by atoms with van der Waals surface area (Å²) in [4.78, 5) is 23.7. The molecule has 1 unspecified atom stereocenters. The van der Waals surface area contributed by atoms with Crippen molar-refractivity contribution in [1.82, 2.24) is 15.1 Å². The number of hydrogen-bond acceptors (Lipinski definition) is 5. The number of rotatable bonds is 6. The van der Waals surface area contributed by atoms with Crippen LogP contribution in [0.3, 0.4) is 0 Å². The van der Waals surface area contributed by atoms with Crippen molar-refractivity contribution in [3.8, 4) is 11.6 Å². The van der Waals surface area contributed by atoms with Crippen LogP contribution in [0.25, 0.3) is 0 Å². The van der Waals surface area contributed by atoms with E-state index in [2.05, 4.69) is 10.4 Å². The van der Waals surface area contributed by atoms with Gasteiger partial charge in [0, 0.05) is 24.1 Å². The molecule has 0 spiro atoms. The quantitative estimate of drug-likeness (QED) is 0.754. The van der Waals surface area contributed by atoms with E-state index >= 15 is 0 Å². The first kappa shape index (κ1) is 21.6. The van der Waals surface area contributed by atoms with Crippen LogP contribution < -0.4 is 10.1 Å². The van der Waals surface area contributed by atoms with Crippen LogP contribution in [0.2, 0.25) is 5.02 Å². The van der Waals surface area contributed by atoms with E-state index in [4.69, 9.17) is 21.1 Å². The van der Waals surface area contributed by atoms with E-state index in [1.807, 2.05) is 0 Å². The second kappa shape index (κ2) is 8.52. The number of ether oxygens (including phenoxy) is 2. The van der Waals surface area contributed by atoms with E-state index in [1.165, 1.54) is 4.68 Å². The lowest BCUT2D eigenvalue weighted by atomic mass is 10.1. The summed E-state index contributed by atoms with van der Waals surface area (Å²) in [6.45, 7) is 6.85. The molecule has 9 heteroatoms. The Morgan fingerprint density at radius 3 is 2.43 bits per heavy atom. The van der Waals surface area contributed by atoms with Crippen LogP contribution in [0.1, 0.15) is 32.0 Å². The molecule has 1 aromatic heterocycles. The normalized spacial score (nSPS) is 12.4. The average Bonchev–Trinajstić information content (AvgIpc) is 2.81. The second-order valence-electron chi connectivity index (χ2n) is 7.29. The van der Waals surface area contributed by atoms with Crippen molar-refractivity contribution >= 4 is 23.7 Å². The number of amides is 1. The van der Waals surface area contributed by atoms with Gasteiger partial charge in [0.15, 0.2) is 0 Å². The maximum atomic E-state index is 12.0. The van der Waals surface area contributed by atoms with Gasteiger partial charge in [0.25, 0.3) is 0 Å². The van der Waals surface area contributed by atoms with Gasteiger partial charge in [-0.2, -0.15) is 5.10 Å². The Hall–Kier alpha value is -2.74. The minimum Gasteiger partial charge on any atom is -0.480 e. The monoisotopic (exact) mass is 409 g/mol. The molecule has 1 aromatic carbocycles. The smallest absolute Gasteiger partial charge is 0.408 e. The maximum absolute atomic E-state index is 12.0. The summed E-state index contributed by atoms with van der Waals surface area (Å²) in [5.41, 5.74) is 0.435. The highest BCUT2D eigenvalue weighted by Gasteiger charge is 2.28. The first-order valence-corrected chi connectivity index (χ1v) is 9.02. The average molecular weight is 410 g/mol. The zero-order valence-corrected chi connectivity index (χ0v) is 17.2. The Labute approximate surface area is 168 Å². The van der Waals surface area contributed by atoms with Gasteiger partial charge in [0.2, 0.25) is 5.88 Å². The molecule has 8 nitrogen and oxygen atoms in total. The Balaban J connectivity index is 2.23. The fourth-order valence-electron chi connectivity index (χ4n) is 2.51. The fraction of sp³-hybridized carbons (Fsp3) is 0.421. The minimum absolute atomic E-state index is 0.0167. The lowest BCUT2D eigenvalue weighted by Gasteiger charge is -2.22. The van der Waals surface area contributed by atoms with Gasteiger partial charge >= 0.3 is 12.1 Å². The number of nitrogens with one attached hydrogen (secondary N) is 1. The number of nitrogens with zero attached hydrogens (tertiary/aromatic N) is 2. The third kappa shape index (κ3) is 5.88. The van der Waals surface area contributed by atoms with Gasteiger partial charge in [-0.05, 0) is 52.0 Å². The number of carboxylic acid groups (broad SMARTS) is 1. The van der Waals surface area contributed by atoms with E-state index in [-0.39, 0.29) is 6.42 Å². The van der Waals surface area contributed by atoms with E-state index < -0.39 is 23.7 Å². The molecule has 0 fully saturated rings. The predicted molar refractivity (Wildman–Crippen MR) is 104 cm³/mol. The largest absolute Gasteiger partial charge is 0.480 e. The molecule has 1 atom stereocenters. The van der Waals surface area contributed by atoms with Gasteiger partial charge in [-0.15, -0.1) is 0 Å². The Bertz CT molecular complexity index is 856. The molecule has 0 saturated carbocycles. The zero-order valence-electron chi connectivity index (χ0n) is 16.4. The van der Waals surface area contributed by atoms with Crippen LogP contribution in [0.15, 0.2) is 24.3 Å². The van der Waals surface area contributed by atoms with Crippen molar-refractivity contribution in [2.24, 2.45) is 7.05 Å².